The molecule has 0 bridgehead atoms. The Hall–Kier alpha value is -2.39. The average Bonchev–Trinajstić information content (AvgIpc) is 3.08. The molecule has 0 fully saturated rings. The van der Waals surface area contributed by atoms with Gasteiger partial charge in [-0.05, 0) is 37.1 Å². The third-order valence-electron chi connectivity index (χ3n) is 4.51. The molecule has 1 unspecified atom stereocenters. The number of hydrazone groups is 1. The first-order valence-electron chi connectivity index (χ1n) is 8.83. The van der Waals surface area contributed by atoms with Crippen LogP contribution in [0.3, 0.4) is 0 Å². The van der Waals surface area contributed by atoms with E-state index >= 15 is 0 Å². The first-order chi connectivity index (χ1) is 13.1. The molecular formula is C19H23N3O4S2. The molecule has 1 heterocycles. The highest BCUT2D eigenvalue weighted by Crippen LogP contribution is 2.35. The number of hydrogen-bond donors (Lipinski definition) is 1. The zero-order chi connectivity index (χ0) is 20.5. The van der Waals surface area contributed by atoms with Crippen LogP contribution in [0.25, 0.3) is 0 Å². The van der Waals surface area contributed by atoms with Crippen molar-refractivity contribution in [2.24, 2.45) is 5.10 Å². The standard InChI is InChI=1S/C19H23N3O4S2/c1-4-28(25,26)22-19(16-7-5-14(2)6-8-16)13-18(20-22)15-9-11-17(12-10-15)21-27(3,23)24/h5-12,19,21H,4,13H2,1-3H3. The van der Waals surface area contributed by atoms with Crippen LogP contribution in [0, 0.1) is 6.92 Å². The van der Waals surface area contributed by atoms with Gasteiger partial charge in [-0.1, -0.05) is 42.0 Å². The van der Waals surface area contributed by atoms with E-state index in [0.29, 0.717) is 17.8 Å². The number of anilines is 1. The Morgan fingerprint density at radius 1 is 1.04 bits per heavy atom. The molecule has 0 saturated carbocycles. The van der Waals surface area contributed by atoms with E-state index in [1.807, 2.05) is 31.2 Å². The van der Waals surface area contributed by atoms with Crippen LogP contribution < -0.4 is 4.72 Å². The smallest absolute Gasteiger partial charge is 0.250 e. The molecular weight excluding hydrogens is 398 g/mol. The van der Waals surface area contributed by atoms with Crippen molar-refractivity contribution < 1.29 is 16.8 Å². The summed E-state index contributed by atoms with van der Waals surface area (Å²) in [6, 6.07) is 14.1. The lowest BCUT2D eigenvalue weighted by Gasteiger charge is -2.22. The van der Waals surface area contributed by atoms with Gasteiger partial charge in [0.25, 0.3) is 0 Å². The lowest BCUT2D eigenvalue weighted by molar-refractivity contribution is 0.372. The predicted octanol–water partition coefficient (Wildman–Crippen LogP) is 2.87. The molecule has 0 aliphatic carbocycles. The molecule has 9 heteroatoms. The van der Waals surface area contributed by atoms with Crippen LogP contribution >= 0.6 is 0 Å². The van der Waals surface area contributed by atoms with Crippen molar-refractivity contribution in [2.75, 3.05) is 16.7 Å². The molecule has 0 radical (unpaired) electrons. The zero-order valence-corrected chi connectivity index (χ0v) is 17.6. The summed E-state index contributed by atoms with van der Waals surface area (Å²) in [5, 5.41) is 4.41. The molecule has 150 valence electrons. The summed E-state index contributed by atoms with van der Waals surface area (Å²) in [5.74, 6) is -0.0383. The van der Waals surface area contributed by atoms with E-state index < -0.39 is 26.1 Å². The highest BCUT2D eigenvalue weighted by atomic mass is 32.2. The Labute approximate surface area is 166 Å². The third-order valence-corrected chi connectivity index (χ3v) is 6.75. The van der Waals surface area contributed by atoms with Crippen LogP contribution in [-0.4, -0.2) is 39.0 Å². The fourth-order valence-corrected chi connectivity index (χ4v) is 4.67. The van der Waals surface area contributed by atoms with Crippen LogP contribution in [0.5, 0.6) is 0 Å². The van der Waals surface area contributed by atoms with Crippen molar-refractivity contribution in [1.29, 1.82) is 0 Å². The largest absolute Gasteiger partial charge is 0.284 e. The minimum Gasteiger partial charge on any atom is -0.284 e. The van der Waals surface area contributed by atoms with Gasteiger partial charge in [0, 0.05) is 12.1 Å². The molecule has 0 saturated heterocycles. The second kappa shape index (κ2) is 7.56. The van der Waals surface area contributed by atoms with Gasteiger partial charge in [0.2, 0.25) is 20.0 Å². The molecule has 2 aromatic rings. The minimum atomic E-state index is -3.52. The summed E-state index contributed by atoms with van der Waals surface area (Å²) in [6.07, 6.45) is 1.53. The summed E-state index contributed by atoms with van der Waals surface area (Å²) in [6.45, 7) is 3.58. The van der Waals surface area contributed by atoms with Gasteiger partial charge in [0.1, 0.15) is 0 Å². The highest BCUT2D eigenvalue weighted by molar-refractivity contribution is 7.92. The van der Waals surface area contributed by atoms with Gasteiger partial charge in [-0.25, -0.2) is 16.8 Å². The van der Waals surface area contributed by atoms with Gasteiger partial charge >= 0.3 is 0 Å². The van der Waals surface area contributed by atoms with E-state index in [-0.39, 0.29) is 5.75 Å². The lowest BCUT2D eigenvalue weighted by Crippen LogP contribution is -2.28. The van der Waals surface area contributed by atoms with Gasteiger partial charge in [-0.3, -0.25) is 4.72 Å². The molecule has 3 rings (SSSR count). The van der Waals surface area contributed by atoms with Crippen molar-refractivity contribution in [3.05, 3.63) is 65.2 Å². The SMILES string of the molecule is CCS(=O)(=O)N1N=C(c2ccc(NS(C)(=O)=O)cc2)CC1c1ccc(C)cc1. The maximum Gasteiger partial charge on any atom is 0.250 e. The Morgan fingerprint density at radius 2 is 1.64 bits per heavy atom. The minimum absolute atomic E-state index is 0.0383. The number of nitrogens with one attached hydrogen (secondary N) is 1. The van der Waals surface area contributed by atoms with E-state index in [1.54, 1.807) is 31.2 Å². The number of nitrogens with zero attached hydrogens (tertiary/aromatic N) is 2. The molecule has 1 aliphatic rings. The van der Waals surface area contributed by atoms with Crippen LogP contribution in [0.15, 0.2) is 53.6 Å². The Balaban J connectivity index is 1.93. The zero-order valence-electron chi connectivity index (χ0n) is 16.0. The second-order valence-corrected chi connectivity index (χ2v) is 10.7. The number of hydrogen-bond acceptors (Lipinski definition) is 5. The van der Waals surface area contributed by atoms with Crippen molar-refractivity contribution in [2.45, 2.75) is 26.3 Å². The van der Waals surface area contributed by atoms with Crippen molar-refractivity contribution >= 4 is 31.4 Å². The quantitative estimate of drug-likeness (QED) is 0.776. The lowest BCUT2D eigenvalue weighted by atomic mass is 9.98. The fraction of sp³-hybridized carbons (Fsp3) is 0.316. The molecule has 7 nitrogen and oxygen atoms in total. The molecule has 1 aliphatic heterocycles. The summed E-state index contributed by atoms with van der Waals surface area (Å²) in [4.78, 5) is 0. The topological polar surface area (TPSA) is 95.9 Å². The highest BCUT2D eigenvalue weighted by Gasteiger charge is 2.35. The van der Waals surface area contributed by atoms with E-state index in [2.05, 4.69) is 9.82 Å². The van der Waals surface area contributed by atoms with Crippen molar-refractivity contribution in [1.82, 2.24) is 4.41 Å². The first kappa shape index (κ1) is 20.3. The summed E-state index contributed by atoms with van der Waals surface area (Å²) >= 11 is 0. The van der Waals surface area contributed by atoms with Gasteiger partial charge in [0.05, 0.1) is 23.8 Å². The maximum atomic E-state index is 12.6. The Bertz CT molecular complexity index is 1090. The molecule has 0 aromatic heterocycles. The third kappa shape index (κ3) is 4.53. The maximum absolute atomic E-state index is 12.6. The van der Waals surface area contributed by atoms with Crippen LogP contribution in [0.2, 0.25) is 0 Å². The predicted molar refractivity (Wildman–Crippen MR) is 111 cm³/mol. The molecule has 0 amide bonds. The van der Waals surface area contributed by atoms with E-state index in [0.717, 1.165) is 22.9 Å². The van der Waals surface area contributed by atoms with Gasteiger partial charge in [-0.2, -0.15) is 9.52 Å². The van der Waals surface area contributed by atoms with Gasteiger partial charge < -0.3 is 0 Å². The normalized spacial score (nSPS) is 17.5. The van der Waals surface area contributed by atoms with Crippen LogP contribution in [0.4, 0.5) is 5.69 Å². The van der Waals surface area contributed by atoms with Crippen LogP contribution in [-0.2, 0) is 20.0 Å². The van der Waals surface area contributed by atoms with Crippen molar-refractivity contribution in [3.63, 3.8) is 0 Å². The van der Waals surface area contributed by atoms with E-state index in [9.17, 15) is 16.8 Å². The number of sulfonamides is 2. The van der Waals surface area contributed by atoms with Gasteiger partial charge in [0.15, 0.2) is 0 Å². The fourth-order valence-electron chi connectivity index (χ4n) is 3.03. The van der Waals surface area contributed by atoms with Crippen LogP contribution in [0.1, 0.15) is 36.1 Å². The second-order valence-electron chi connectivity index (χ2n) is 6.80. The Morgan fingerprint density at radius 3 is 2.18 bits per heavy atom. The summed E-state index contributed by atoms with van der Waals surface area (Å²) < 4.78 is 51.5. The monoisotopic (exact) mass is 421 g/mol. The number of rotatable bonds is 6. The summed E-state index contributed by atoms with van der Waals surface area (Å²) in [5.41, 5.74) is 3.83. The van der Waals surface area contributed by atoms with Gasteiger partial charge in [-0.15, -0.1) is 0 Å². The van der Waals surface area contributed by atoms with Crippen molar-refractivity contribution in [3.8, 4) is 0 Å². The van der Waals surface area contributed by atoms with E-state index in [1.165, 1.54) is 4.41 Å². The average molecular weight is 422 g/mol. The molecule has 2 aromatic carbocycles. The Kier molecular flexibility index (Phi) is 5.49. The molecule has 28 heavy (non-hydrogen) atoms. The number of benzene rings is 2. The summed E-state index contributed by atoms with van der Waals surface area (Å²) in [7, 11) is -6.88. The molecule has 1 atom stereocenters. The van der Waals surface area contributed by atoms with E-state index in [4.69, 9.17) is 0 Å². The molecule has 1 N–H and O–H groups in total. The molecule has 0 spiro atoms. The number of aryl methyl sites for hydroxylation is 1. The first-order valence-corrected chi connectivity index (χ1v) is 12.3.